The molecule has 2 nitrogen and oxygen atoms in total. The molecule has 1 rings (SSSR count). The first kappa shape index (κ1) is 13.7. The summed E-state index contributed by atoms with van der Waals surface area (Å²) < 4.78 is 6.31. The Morgan fingerprint density at radius 3 is 2.44 bits per heavy atom. The van der Waals surface area contributed by atoms with Crippen LogP contribution in [0.25, 0.3) is 0 Å². The minimum atomic E-state index is 0.221. The van der Waals surface area contributed by atoms with E-state index in [0.29, 0.717) is 6.10 Å². The van der Waals surface area contributed by atoms with Crippen LogP contribution in [0.5, 0.6) is 0 Å². The second kappa shape index (κ2) is 7.05. The average Bonchev–Trinajstić information content (AvgIpc) is 2.29. The lowest BCUT2D eigenvalue weighted by Crippen LogP contribution is -2.24. The summed E-state index contributed by atoms with van der Waals surface area (Å²) >= 11 is 3.42. The van der Waals surface area contributed by atoms with Gasteiger partial charge in [-0.05, 0) is 43.9 Å². The van der Waals surface area contributed by atoms with Crippen molar-refractivity contribution in [3.05, 3.63) is 34.3 Å². The third-order valence-corrected chi connectivity index (χ3v) is 3.29. The molecule has 0 fully saturated rings. The molecule has 16 heavy (non-hydrogen) atoms. The normalized spacial score (nSPS) is 14.8. The molecular weight excluding hydrogens is 266 g/mol. The van der Waals surface area contributed by atoms with Crippen LogP contribution in [-0.2, 0) is 11.2 Å². The highest BCUT2D eigenvalue weighted by Crippen LogP contribution is 2.13. The molecule has 0 heterocycles. The number of hydrogen-bond donors (Lipinski definition) is 1. The molecule has 0 amide bonds. The van der Waals surface area contributed by atoms with Gasteiger partial charge < -0.3 is 10.5 Å². The maximum Gasteiger partial charge on any atom is 0.0543 e. The van der Waals surface area contributed by atoms with Gasteiger partial charge in [0.25, 0.3) is 0 Å². The lowest BCUT2D eigenvalue weighted by atomic mass is 10.0. The second-order valence-corrected chi connectivity index (χ2v) is 5.13. The van der Waals surface area contributed by atoms with Gasteiger partial charge in [0.1, 0.15) is 0 Å². The quantitative estimate of drug-likeness (QED) is 0.872. The fraction of sp³-hybridized carbons (Fsp3) is 0.538. The number of halogens is 1. The van der Waals surface area contributed by atoms with E-state index in [1.807, 2.05) is 0 Å². The Morgan fingerprint density at radius 1 is 1.25 bits per heavy atom. The molecule has 0 aliphatic carbocycles. The number of nitrogens with two attached hydrogens (primary N) is 1. The van der Waals surface area contributed by atoms with Crippen molar-refractivity contribution in [3.8, 4) is 0 Å². The summed E-state index contributed by atoms with van der Waals surface area (Å²) in [7, 11) is 1.74. The number of benzene rings is 1. The average molecular weight is 286 g/mol. The summed E-state index contributed by atoms with van der Waals surface area (Å²) in [5.41, 5.74) is 7.37. The van der Waals surface area contributed by atoms with Crippen LogP contribution in [0.4, 0.5) is 0 Å². The standard InChI is InChI=1S/C13H20BrNO/c1-10(16-2)3-8-13(15)9-11-4-6-12(14)7-5-11/h4-7,10,13H,3,8-9,15H2,1-2H3. The van der Waals surface area contributed by atoms with Gasteiger partial charge in [-0.3, -0.25) is 0 Å². The van der Waals surface area contributed by atoms with Gasteiger partial charge in [-0.1, -0.05) is 28.1 Å². The minimum Gasteiger partial charge on any atom is -0.382 e. The highest BCUT2D eigenvalue weighted by Gasteiger charge is 2.07. The fourth-order valence-electron chi connectivity index (χ4n) is 1.59. The van der Waals surface area contributed by atoms with Crippen molar-refractivity contribution in [1.29, 1.82) is 0 Å². The molecule has 0 bridgehead atoms. The molecule has 0 aliphatic heterocycles. The highest BCUT2D eigenvalue weighted by atomic mass is 79.9. The smallest absolute Gasteiger partial charge is 0.0543 e. The van der Waals surface area contributed by atoms with Crippen molar-refractivity contribution < 1.29 is 4.74 Å². The second-order valence-electron chi connectivity index (χ2n) is 4.21. The third kappa shape index (κ3) is 5.10. The Morgan fingerprint density at radius 2 is 1.88 bits per heavy atom. The van der Waals surface area contributed by atoms with E-state index in [1.165, 1.54) is 5.56 Å². The summed E-state index contributed by atoms with van der Waals surface area (Å²) in [5.74, 6) is 0. The summed E-state index contributed by atoms with van der Waals surface area (Å²) in [4.78, 5) is 0. The molecule has 2 unspecified atom stereocenters. The van der Waals surface area contributed by atoms with Gasteiger partial charge in [-0.2, -0.15) is 0 Å². The first-order valence-corrected chi connectivity index (χ1v) is 6.44. The van der Waals surface area contributed by atoms with Crippen LogP contribution >= 0.6 is 15.9 Å². The van der Waals surface area contributed by atoms with Crippen LogP contribution in [0, 0.1) is 0 Å². The van der Waals surface area contributed by atoms with Crippen LogP contribution < -0.4 is 5.73 Å². The van der Waals surface area contributed by atoms with Crippen molar-refractivity contribution >= 4 is 15.9 Å². The van der Waals surface area contributed by atoms with Crippen LogP contribution in [0.2, 0.25) is 0 Å². The maximum absolute atomic E-state index is 6.08. The van der Waals surface area contributed by atoms with E-state index >= 15 is 0 Å². The van der Waals surface area contributed by atoms with Gasteiger partial charge in [-0.15, -0.1) is 0 Å². The molecule has 3 heteroatoms. The molecule has 1 aromatic carbocycles. The van der Waals surface area contributed by atoms with Crippen molar-refractivity contribution in [1.82, 2.24) is 0 Å². The van der Waals surface area contributed by atoms with Gasteiger partial charge in [0.15, 0.2) is 0 Å². The molecule has 0 saturated carbocycles. The van der Waals surface area contributed by atoms with E-state index in [9.17, 15) is 0 Å². The van der Waals surface area contributed by atoms with Crippen LogP contribution in [-0.4, -0.2) is 19.3 Å². The van der Waals surface area contributed by atoms with E-state index in [0.717, 1.165) is 23.7 Å². The predicted molar refractivity (Wildman–Crippen MR) is 71.5 cm³/mol. The third-order valence-electron chi connectivity index (χ3n) is 2.76. The van der Waals surface area contributed by atoms with Crippen molar-refractivity contribution in [3.63, 3.8) is 0 Å². The molecule has 0 radical (unpaired) electrons. The van der Waals surface area contributed by atoms with Gasteiger partial charge in [-0.25, -0.2) is 0 Å². The Bertz CT molecular complexity index is 299. The fourth-order valence-corrected chi connectivity index (χ4v) is 1.86. The first-order valence-electron chi connectivity index (χ1n) is 5.64. The van der Waals surface area contributed by atoms with Crippen molar-refractivity contribution in [2.45, 2.75) is 38.3 Å². The van der Waals surface area contributed by atoms with E-state index in [1.54, 1.807) is 7.11 Å². The zero-order chi connectivity index (χ0) is 12.0. The van der Waals surface area contributed by atoms with Crippen LogP contribution in [0.1, 0.15) is 25.3 Å². The lowest BCUT2D eigenvalue weighted by molar-refractivity contribution is 0.107. The van der Waals surface area contributed by atoms with E-state index in [2.05, 4.69) is 47.1 Å². The molecule has 1 aromatic rings. The van der Waals surface area contributed by atoms with Crippen LogP contribution in [0.15, 0.2) is 28.7 Å². The Hall–Kier alpha value is -0.380. The molecule has 2 atom stereocenters. The SMILES string of the molecule is COC(C)CCC(N)Cc1ccc(Br)cc1. The van der Waals surface area contributed by atoms with Crippen LogP contribution in [0.3, 0.4) is 0 Å². The lowest BCUT2D eigenvalue weighted by Gasteiger charge is -2.14. The summed E-state index contributed by atoms with van der Waals surface area (Å²) in [6.45, 7) is 2.08. The monoisotopic (exact) mass is 285 g/mol. The van der Waals surface area contributed by atoms with E-state index in [-0.39, 0.29) is 6.04 Å². The van der Waals surface area contributed by atoms with E-state index < -0.39 is 0 Å². The Balaban J connectivity index is 2.33. The van der Waals surface area contributed by atoms with Gasteiger partial charge >= 0.3 is 0 Å². The molecule has 0 aliphatic rings. The molecule has 0 spiro atoms. The zero-order valence-electron chi connectivity index (χ0n) is 9.95. The Labute approximate surface area is 106 Å². The summed E-state index contributed by atoms with van der Waals surface area (Å²) in [6, 6.07) is 8.56. The molecule has 2 N–H and O–H groups in total. The summed E-state index contributed by atoms with van der Waals surface area (Å²) in [5, 5.41) is 0. The highest BCUT2D eigenvalue weighted by molar-refractivity contribution is 9.10. The predicted octanol–water partition coefficient (Wildman–Crippen LogP) is 3.13. The van der Waals surface area contributed by atoms with Gasteiger partial charge in [0.05, 0.1) is 6.10 Å². The maximum atomic E-state index is 6.08. The summed E-state index contributed by atoms with van der Waals surface area (Å²) in [6.07, 6.45) is 3.26. The molecule has 90 valence electrons. The number of rotatable bonds is 6. The number of hydrogen-bond acceptors (Lipinski definition) is 2. The van der Waals surface area contributed by atoms with Gasteiger partial charge in [0.2, 0.25) is 0 Å². The Kier molecular flexibility index (Phi) is 6.03. The number of methoxy groups -OCH3 is 1. The zero-order valence-corrected chi connectivity index (χ0v) is 11.5. The van der Waals surface area contributed by atoms with Crippen molar-refractivity contribution in [2.75, 3.05) is 7.11 Å². The van der Waals surface area contributed by atoms with Crippen molar-refractivity contribution in [2.24, 2.45) is 5.73 Å². The van der Waals surface area contributed by atoms with E-state index in [4.69, 9.17) is 10.5 Å². The molecule has 0 aromatic heterocycles. The molecule has 0 saturated heterocycles. The molecular formula is C13H20BrNO. The van der Waals surface area contributed by atoms with Gasteiger partial charge in [0, 0.05) is 17.6 Å². The largest absolute Gasteiger partial charge is 0.382 e. The minimum absolute atomic E-state index is 0.221. The first-order chi connectivity index (χ1) is 7.61. The topological polar surface area (TPSA) is 35.2 Å². The number of ether oxygens (including phenoxy) is 1.